The van der Waals surface area contributed by atoms with Gasteiger partial charge in [0.15, 0.2) is 0 Å². The minimum atomic E-state index is -0.175. The summed E-state index contributed by atoms with van der Waals surface area (Å²) >= 11 is 9.21. The van der Waals surface area contributed by atoms with E-state index in [1.807, 2.05) is 0 Å². The maximum absolute atomic E-state index is 12.9. The topological polar surface area (TPSA) is 80.8 Å². The lowest BCUT2D eigenvalue weighted by Crippen LogP contribution is -2.41. The summed E-state index contributed by atoms with van der Waals surface area (Å²) in [5, 5.41) is 3.31. The molecule has 0 radical (unpaired) electrons. The van der Waals surface area contributed by atoms with Gasteiger partial charge in [0.2, 0.25) is 5.91 Å². The summed E-state index contributed by atoms with van der Waals surface area (Å²) < 4.78 is 11.3. The Balaban J connectivity index is 1.62. The number of carbonyl (C=O) groups excluding carboxylic acids is 2. The first-order chi connectivity index (χ1) is 13.9. The van der Waals surface area contributed by atoms with Gasteiger partial charge in [-0.2, -0.15) is 0 Å². The molecule has 1 N–H and O–H groups in total. The second-order valence-corrected chi connectivity index (χ2v) is 7.84. The van der Waals surface area contributed by atoms with E-state index >= 15 is 0 Å². The summed E-state index contributed by atoms with van der Waals surface area (Å²) in [6.45, 7) is 0.983. The van der Waals surface area contributed by atoms with Gasteiger partial charge in [0, 0.05) is 30.8 Å². The van der Waals surface area contributed by atoms with Crippen LogP contribution in [0.15, 0.2) is 34.9 Å². The van der Waals surface area contributed by atoms with Gasteiger partial charge in [-0.1, -0.05) is 11.6 Å². The molecule has 1 aromatic heterocycles. The Bertz CT molecular complexity index is 874. The Morgan fingerprint density at radius 3 is 2.31 bits per heavy atom. The molecule has 2 heterocycles. The average molecular weight is 483 g/mol. The van der Waals surface area contributed by atoms with Gasteiger partial charge in [0.1, 0.15) is 21.8 Å². The molecule has 3 rings (SSSR count). The van der Waals surface area contributed by atoms with Gasteiger partial charge < -0.3 is 19.7 Å². The quantitative estimate of drug-likeness (QED) is 0.696. The molecule has 0 spiro atoms. The summed E-state index contributed by atoms with van der Waals surface area (Å²) in [6.07, 6.45) is 2.64. The van der Waals surface area contributed by atoms with Crippen LogP contribution in [0, 0.1) is 5.92 Å². The first kappa shape index (κ1) is 21.4. The lowest BCUT2D eigenvalue weighted by molar-refractivity contribution is -0.121. The lowest BCUT2D eigenvalue weighted by Gasteiger charge is -2.31. The molecule has 0 bridgehead atoms. The fourth-order valence-corrected chi connectivity index (χ4v) is 3.86. The molecule has 1 aromatic carbocycles. The van der Waals surface area contributed by atoms with Crippen LogP contribution < -0.4 is 14.8 Å². The van der Waals surface area contributed by atoms with E-state index in [0.717, 1.165) is 0 Å². The number of nitrogens with one attached hydrogen (secondary N) is 1. The molecule has 29 heavy (non-hydrogen) atoms. The second kappa shape index (κ2) is 9.45. The SMILES string of the molecule is COc1cc(C(=O)N2CCC(C(=O)Nc3ccc(Cl)cn3)CC2)cc(OC)c1Br. The third-order valence-corrected chi connectivity index (χ3v) is 5.83. The van der Waals surface area contributed by atoms with Crippen molar-refractivity contribution in [2.45, 2.75) is 12.8 Å². The normalized spacial score (nSPS) is 14.4. The van der Waals surface area contributed by atoms with Crippen LogP contribution in [0.25, 0.3) is 0 Å². The lowest BCUT2D eigenvalue weighted by atomic mass is 9.95. The van der Waals surface area contributed by atoms with Crippen molar-refractivity contribution in [1.29, 1.82) is 0 Å². The summed E-state index contributed by atoms with van der Waals surface area (Å²) in [7, 11) is 3.07. The first-order valence-electron chi connectivity index (χ1n) is 9.06. The second-order valence-electron chi connectivity index (χ2n) is 6.61. The van der Waals surface area contributed by atoms with Gasteiger partial charge in [-0.05, 0) is 53.0 Å². The molecule has 0 aliphatic carbocycles. The van der Waals surface area contributed by atoms with Crippen LogP contribution in [0.4, 0.5) is 5.82 Å². The molecule has 7 nitrogen and oxygen atoms in total. The first-order valence-corrected chi connectivity index (χ1v) is 10.2. The minimum Gasteiger partial charge on any atom is -0.495 e. The molecule has 0 saturated carbocycles. The van der Waals surface area contributed by atoms with E-state index in [0.29, 0.717) is 58.3 Å². The fourth-order valence-electron chi connectivity index (χ4n) is 3.20. The van der Waals surface area contributed by atoms with Crippen LogP contribution in [-0.2, 0) is 4.79 Å². The zero-order valence-corrected chi connectivity index (χ0v) is 18.4. The number of rotatable bonds is 5. The van der Waals surface area contributed by atoms with Crippen LogP contribution in [0.5, 0.6) is 11.5 Å². The molecule has 2 aromatic rings. The van der Waals surface area contributed by atoms with Gasteiger partial charge in [0.25, 0.3) is 5.91 Å². The van der Waals surface area contributed by atoms with Gasteiger partial charge in [-0.3, -0.25) is 9.59 Å². The molecule has 154 valence electrons. The highest BCUT2D eigenvalue weighted by molar-refractivity contribution is 9.10. The molecule has 1 aliphatic heterocycles. The number of pyridine rings is 1. The predicted molar refractivity (Wildman–Crippen MR) is 114 cm³/mol. The van der Waals surface area contributed by atoms with E-state index in [1.54, 1.807) is 29.2 Å². The third kappa shape index (κ3) is 5.00. The third-order valence-electron chi connectivity index (χ3n) is 4.82. The minimum absolute atomic E-state index is 0.0982. The number of carbonyl (C=O) groups is 2. The van der Waals surface area contributed by atoms with E-state index in [-0.39, 0.29) is 17.7 Å². The highest BCUT2D eigenvalue weighted by Crippen LogP contribution is 2.36. The zero-order valence-electron chi connectivity index (χ0n) is 16.1. The molecule has 2 amide bonds. The standard InChI is InChI=1S/C20H21BrClN3O4/c1-28-15-9-13(10-16(29-2)18(15)21)20(27)25-7-5-12(6-8-25)19(26)24-17-4-3-14(22)11-23-17/h3-4,9-12H,5-8H2,1-2H3,(H,23,24,26). The smallest absolute Gasteiger partial charge is 0.254 e. The Morgan fingerprint density at radius 2 is 1.79 bits per heavy atom. The Hall–Kier alpha value is -2.32. The number of nitrogens with zero attached hydrogens (tertiary/aromatic N) is 2. The van der Waals surface area contributed by atoms with Crippen molar-refractivity contribution in [3.63, 3.8) is 0 Å². The van der Waals surface area contributed by atoms with Crippen molar-refractivity contribution in [1.82, 2.24) is 9.88 Å². The van der Waals surface area contributed by atoms with Crippen molar-refractivity contribution in [2.75, 3.05) is 32.6 Å². The average Bonchev–Trinajstić information content (AvgIpc) is 2.75. The highest BCUT2D eigenvalue weighted by Gasteiger charge is 2.29. The molecular formula is C20H21BrClN3O4. The number of hydrogen-bond donors (Lipinski definition) is 1. The maximum Gasteiger partial charge on any atom is 0.254 e. The van der Waals surface area contributed by atoms with Gasteiger partial charge >= 0.3 is 0 Å². The molecule has 0 atom stereocenters. The van der Waals surface area contributed by atoms with Gasteiger partial charge in [0.05, 0.1) is 19.2 Å². The van der Waals surface area contributed by atoms with E-state index in [9.17, 15) is 9.59 Å². The van der Waals surface area contributed by atoms with Crippen LogP contribution in [0.1, 0.15) is 23.2 Å². The van der Waals surface area contributed by atoms with Crippen LogP contribution in [0.2, 0.25) is 5.02 Å². The van der Waals surface area contributed by atoms with E-state index in [2.05, 4.69) is 26.2 Å². The van der Waals surface area contributed by atoms with Crippen LogP contribution >= 0.6 is 27.5 Å². The monoisotopic (exact) mass is 481 g/mol. The van der Waals surface area contributed by atoms with Crippen molar-refractivity contribution in [3.05, 3.63) is 45.5 Å². The Morgan fingerprint density at radius 1 is 1.17 bits per heavy atom. The summed E-state index contributed by atoms with van der Waals surface area (Å²) in [4.78, 5) is 31.2. The number of piperidine rings is 1. The van der Waals surface area contributed by atoms with Gasteiger partial charge in [-0.15, -0.1) is 0 Å². The molecule has 0 unspecified atom stereocenters. The largest absolute Gasteiger partial charge is 0.495 e. The number of amides is 2. The van der Waals surface area contributed by atoms with Crippen molar-refractivity contribution >= 4 is 45.2 Å². The van der Waals surface area contributed by atoms with Crippen molar-refractivity contribution < 1.29 is 19.1 Å². The van der Waals surface area contributed by atoms with Crippen molar-refractivity contribution in [2.24, 2.45) is 5.92 Å². The molecule has 1 aliphatic rings. The number of aromatic nitrogens is 1. The van der Waals surface area contributed by atoms with E-state index in [4.69, 9.17) is 21.1 Å². The van der Waals surface area contributed by atoms with E-state index in [1.165, 1.54) is 20.4 Å². The number of halogens is 2. The van der Waals surface area contributed by atoms with Crippen LogP contribution in [0.3, 0.4) is 0 Å². The maximum atomic E-state index is 12.9. The van der Waals surface area contributed by atoms with Crippen molar-refractivity contribution in [3.8, 4) is 11.5 Å². The summed E-state index contributed by atoms with van der Waals surface area (Å²) in [5.41, 5.74) is 0.482. The summed E-state index contributed by atoms with van der Waals surface area (Å²) in [6, 6.07) is 6.69. The molecule has 1 saturated heterocycles. The molecular weight excluding hydrogens is 462 g/mol. The number of likely N-dealkylation sites (tertiary alicyclic amines) is 1. The Kier molecular flexibility index (Phi) is 6.97. The predicted octanol–water partition coefficient (Wildman–Crippen LogP) is 4.01. The van der Waals surface area contributed by atoms with E-state index < -0.39 is 0 Å². The highest BCUT2D eigenvalue weighted by atomic mass is 79.9. The van der Waals surface area contributed by atoms with Gasteiger partial charge in [-0.25, -0.2) is 4.98 Å². The number of hydrogen-bond acceptors (Lipinski definition) is 5. The number of ether oxygens (including phenoxy) is 2. The number of benzene rings is 1. The number of anilines is 1. The number of methoxy groups -OCH3 is 2. The zero-order chi connectivity index (χ0) is 21.0. The fraction of sp³-hybridized carbons (Fsp3) is 0.350. The van der Waals surface area contributed by atoms with Crippen LogP contribution in [-0.4, -0.2) is 49.0 Å². The molecule has 1 fully saturated rings. The Labute approximate surface area is 182 Å². The molecule has 9 heteroatoms. The summed E-state index contributed by atoms with van der Waals surface area (Å²) in [5.74, 6) is 1.12.